The lowest BCUT2D eigenvalue weighted by Gasteiger charge is -2.05. The van der Waals surface area contributed by atoms with Crippen LogP contribution in [0.1, 0.15) is 24.0 Å². The molecule has 1 N–H and O–H groups in total. The second-order valence-corrected chi connectivity index (χ2v) is 3.55. The minimum absolute atomic E-state index is 0.668. The molecule has 1 heterocycles. The predicted octanol–water partition coefficient (Wildman–Crippen LogP) is 2.61. The van der Waals surface area contributed by atoms with Crippen LogP contribution in [0.4, 0.5) is 5.82 Å². The van der Waals surface area contributed by atoms with Crippen molar-refractivity contribution < 1.29 is 0 Å². The average Bonchev–Trinajstić information content (AvgIpc) is 2.89. The molecule has 1 aliphatic rings. The van der Waals surface area contributed by atoms with Crippen LogP contribution in [0.5, 0.6) is 0 Å². The summed E-state index contributed by atoms with van der Waals surface area (Å²) in [5.74, 6) is 0.991. The number of hydrogen-bond donors (Lipinski definition) is 1. The van der Waals surface area contributed by atoms with Crippen LogP contribution in [0.25, 0.3) is 6.08 Å². The molecule has 13 heavy (non-hydrogen) atoms. The molecule has 1 fully saturated rings. The number of rotatable bonds is 3. The molecule has 2 heteroatoms. The summed E-state index contributed by atoms with van der Waals surface area (Å²) in [6, 6.07) is 2.75. The first-order valence-electron chi connectivity index (χ1n) is 4.65. The van der Waals surface area contributed by atoms with E-state index in [2.05, 4.69) is 29.9 Å². The van der Waals surface area contributed by atoms with E-state index in [4.69, 9.17) is 0 Å². The van der Waals surface area contributed by atoms with Crippen LogP contribution in [0, 0.1) is 6.92 Å². The highest BCUT2D eigenvalue weighted by Gasteiger charge is 2.21. The highest BCUT2D eigenvalue weighted by Crippen LogP contribution is 2.24. The molecule has 2 nitrogen and oxygen atoms in total. The Labute approximate surface area is 78.7 Å². The largest absolute Gasteiger partial charge is 0.367 e. The Hall–Kier alpha value is -1.31. The molecule has 0 amide bonds. The van der Waals surface area contributed by atoms with E-state index in [1.165, 1.54) is 18.4 Å². The van der Waals surface area contributed by atoms with Crippen molar-refractivity contribution in [2.75, 3.05) is 5.32 Å². The number of aryl methyl sites for hydroxylation is 1. The zero-order valence-corrected chi connectivity index (χ0v) is 7.88. The zero-order chi connectivity index (χ0) is 9.26. The average molecular weight is 174 g/mol. The van der Waals surface area contributed by atoms with Crippen molar-refractivity contribution >= 4 is 11.9 Å². The third-order valence-electron chi connectivity index (χ3n) is 2.30. The van der Waals surface area contributed by atoms with Gasteiger partial charge in [0.05, 0.1) is 0 Å². The predicted molar refractivity (Wildman–Crippen MR) is 55.7 cm³/mol. The number of nitrogens with zero attached hydrogens (tertiary/aromatic N) is 1. The summed E-state index contributed by atoms with van der Waals surface area (Å²) in [5, 5.41) is 3.36. The number of nitrogens with one attached hydrogen (secondary N) is 1. The van der Waals surface area contributed by atoms with Crippen LogP contribution in [0.2, 0.25) is 0 Å². The summed E-state index contributed by atoms with van der Waals surface area (Å²) in [4.78, 5) is 4.31. The quantitative estimate of drug-likeness (QED) is 0.761. The Morgan fingerprint density at radius 3 is 2.92 bits per heavy atom. The Bertz CT molecular complexity index is 327. The molecule has 1 aromatic rings. The highest BCUT2D eigenvalue weighted by atomic mass is 15.0. The summed E-state index contributed by atoms with van der Waals surface area (Å²) < 4.78 is 0. The molecule has 68 valence electrons. The SMILES string of the molecule is C=Cc1cnc(NC2CC2)cc1C. The van der Waals surface area contributed by atoms with Gasteiger partial charge in [0.2, 0.25) is 0 Å². The lowest BCUT2D eigenvalue weighted by molar-refractivity contribution is 1.11. The van der Waals surface area contributed by atoms with Crippen molar-refractivity contribution in [2.45, 2.75) is 25.8 Å². The minimum atomic E-state index is 0.668. The van der Waals surface area contributed by atoms with Crippen molar-refractivity contribution in [2.24, 2.45) is 0 Å². The molecule has 0 radical (unpaired) electrons. The van der Waals surface area contributed by atoms with Gasteiger partial charge < -0.3 is 5.32 Å². The maximum Gasteiger partial charge on any atom is 0.126 e. The first kappa shape index (κ1) is 8.30. The monoisotopic (exact) mass is 174 g/mol. The van der Waals surface area contributed by atoms with Gasteiger partial charge in [0.1, 0.15) is 5.82 Å². The van der Waals surface area contributed by atoms with E-state index in [-0.39, 0.29) is 0 Å². The van der Waals surface area contributed by atoms with Crippen molar-refractivity contribution in [3.8, 4) is 0 Å². The lowest BCUT2D eigenvalue weighted by Crippen LogP contribution is -2.03. The molecule has 0 saturated heterocycles. The molecule has 2 rings (SSSR count). The molecule has 0 unspecified atom stereocenters. The van der Waals surface area contributed by atoms with Crippen LogP contribution < -0.4 is 5.32 Å². The van der Waals surface area contributed by atoms with Gasteiger partial charge in [-0.2, -0.15) is 0 Å². The summed E-state index contributed by atoms with van der Waals surface area (Å²) in [5.41, 5.74) is 2.34. The van der Waals surface area contributed by atoms with E-state index < -0.39 is 0 Å². The Kier molecular flexibility index (Phi) is 2.05. The smallest absolute Gasteiger partial charge is 0.126 e. The second-order valence-electron chi connectivity index (χ2n) is 3.55. The van der Waals surface area contributed by atoms with E-state index in [9.17, 15) is 0 Å². The van der Waals surface area contributed by atoms with Gasteiger partial charge in [-0.3, -0.25) is 0 Å². The third-order valence-corrected chi connectivity index (χ3v) is 2.30. The summed E-state index contributed by atoms with van der Waals surface area (Å²) in [6.07, 6.45) is 6.27. The molecule has 0 atom stereocenters. The van der Waals surface area contributed by atoms with Gasteiger partial charge in [-0.1, -0.05) is 12.7 Å². The molecule has 0 spiro atoms. The minimum Gasteiger partial charge on any atom is -0.367 e. The van der Waals surface area contributed by atoms with Crippen molar-refractivity contribution in [3.05, 3.63) is 30.0 Å². The summed E-state index contributed by atoms with van der Waals surface area (Å²) in [6.45, 7) is 5.81. The van der Waals surface area contributed by atoms with Crippen molar-refractivity contribution in [3.63, 3.8) is 0 Å². The Morgan fingerprint density at radius 1 is 1.62 bits per heavy atom. The molecule has 1 aromatic heterocycles. The Morgan fingerprint density at radius 2 is 2.38 bits per heavy atom. The first-order valence-corrected chi connectivity index (χ1v) is 4.65. The summed E-state index contributed by atoms with van der Waals surface area (Å²) in [7, 11) is 0. The molecule has 0 aliphatic heterocycles. The van der Waals surface area contributed by atoms with Crippen molar-refractivity contribution in [1.82, 2.24) is 4.98 Å². The van der Waals surface area contributed by atoms with Gasteiger partial charge in [0.15, 0.2) is 0 Å². The fourth-order valence-corrected chi connectivity index (χ4v) is 1.30. The van der Waals surface area contributed by atoms with Crippen LogP contribution in [-0.4, -0.2) is 11.0 Å². The van der Waals surface area contributed by atoms with Gasteiger partial charge in [-0.15, -0.1) is 0 Å². The first-order chi connectivity index (χ1) is 6.29. The lowest BCUT2D eigenvalue weighted by atomic mass is 10.1. The number of anilines is 1. The molecular weight excluding hydrogens is 160 g/mol. The van der Waals surface area contributed by atoms with Gasteiger partial charge >= 0.3 is 0 Å². The fourth-order valence-electron chi connectivity index (χ4n) is 1.30. The van der Waals surface area contributed by atoms with Crippen LogP contribution in [0.3, 0.4) is 0 Å². The van der Waals surface area contributed by atoms with E-state index in [0.717, 1.165) is 11.4 Å². The van der Waals surface area contributed by atoms with E-state index in [0.29, 0.717) is 6.04 Å². The van der Waals surface area contributed by atoms with E-state index >= 15 is 0 Å². The highest BCUT2D eigenvalue weighted by molar-refractivity contribution is 5.54. The molecule has 0 aromatic carbocycles. The Balaban J connectivity index is 2.18. The topological polar surface area (TPSA) is 24.9 Å². The van der Waals surface area contributed by atoms with Gasteiger partial charge in [-0.25, -0.2) is 4.98 Å². The summed E-state index contributed by atoms with van der Waals surface area (Å²) >= 11 is 0. The number of pyridine rings is 1. The fraction of sp³-hybridized carbons (Fsp3) is 0.364. The van der Waals surface area contributed by atoms with Gasteiger partial charge in [0.25, 0.3) is 0 Å². The standard InChI is InChI=1S/C11H14N2/c1-3-9-7-12-11(6-8(9)2)13-10-4-5-10/h3,6-7,10H,1,4-5H2,2H3,(H,12,13). The van der Waals surface area contributed by atoms with Gasteiger partial charge in [0, 0.05) is 12.2 Å². The van der Waals surface area contributed by atoms with Crippen LogP contribution in [-0.2, 0) is 0 Å². The normalized spacial score (nSPS) is 15.5. The maximum atomic E-state index is 4.31. The third kappa shape index (κ3) is 1.89. The zero-order valence-electron chi connectivity index (χ0n) is 7.88. The molecule has 0 bridgehead atoms. The second kappa shape index (κ2) is 3.21. The van der Waals surface area contributed by atoms with E-state index in [1.54, 1.807) is 0 Å². The number of hydrogen-bond acceptors (Lipinski definition) is 2. The molecule has 1 aliphatic carbocycles. The van der Waals surface area contributed by atoms with Gasteiger partial charge in [-0.05, 0) is 37.0 Å². The van der Waals surface area contributed by atoms with Crippen molar-refractivity contribution in [1.29, 1.82) is 0 Å². The molecule has 1 saturated carbocycles. The maximum absolute atomic E-state index is 4.31. The molecular formula is C11H14N2. The van der Waals surface area contributed by atoms with Crippen LogP contribution in [0.15, 0.2) is 18.8 Å². The van der Waals surface area contributed by atoms with E-state index in [1.807, 2.05) is 12.3 Å². The van der Waals surface area contributed by atoms with Crippen LogP contribution >= 0.6 is 0 Å². The number of aromatic nitrogens is 1.